The number of alkyl halides is 3. The van der Waals surface area contributed by atoms with Gasteiger partial charge in [0.25, 0.3) is 5.91 Å². The van der Waals surface area contributed by atoms with E-state index in [1.54, 1.807) is 11.0 Å². The molecule has 0 radical (unpaired) electrons. The zero-order valence-electron chi connectivity index (χ0n) is 18.3. The van der Waals surface area contributed by atoms with Crippen LogP contribution in [0.25, 0.3) is 11.4 Å². The van der Waals surface area contributed by atoms with E-state index in [2.05, 4.69) is 15.0 Å². The van der Waals surface area contributed by atoms with E-state index in [4.69, 9.17) is 4.74 Å². The summed E-state index contributed by atoms with van der Waals surface area (Å²) in [5.74, 6) is -0.484. The number of benzene rings is 1. The number of amides is 1. The third-order valence-electron chi connectivity index (χ3n) is 5.86. The van der Waals surface area contributed by atoms with Gasteiger partial charge in [0, 0.05) is 36.8 Å². The quantitative estimate of drug-likeness (QED) is 0.486. The van der Waals surface area contributed by atoms with E-state index in [0.29, 0.717) is 12.7 Å². The van der Waals surface area contributed by atoms with Crippen LogP contribution in [0.2, 0.25) is 0 Å². The molecule has 3 aromatic rings. The van der Waals surface area contributed by atoms with Crippen molar-refractivity contribution in [2.45, 2.75) is 32.0 Å². The molecule has 3 heterocycles. The Balaban J connectivity index is 1.56. The number of piperidine rings is 1. The van der Waals surface area contributed by atoms with Crippen LogP contribution in [0, 0.1) is 11.7 Å². The zero-order valence-corrected chi connectivity index (χ0v) is 18.3. The molecule has 6 nitrogen and oxygen atoms in total. The maximum atomic E-state index is 14.0. The van der Waals surface area contributed by atoms with Crippen LogP contribution in [0.4, 0.5) is 17.6 Å². The molecular formula is C24H22F4N4O2. The van der Waals surface area contributed by atoms with Gasteiger partial charge in [-0.3, -0.25) is 4.79 Å². The summed E-state index contributed by atoms with van der Waals surface area (Å²) >= 11 is 0. The second-order valence-corrected chi connectivity index (χ2v) is 8.14. The Hall–Kier alpha value is -3.56. The number of hydrogen-bond donors (Lipinski definition) is 0. The van der Waals surface area contributed by atoms with Gasteiger partial charge in [0.05, 0.1) is 17.2 Å². The minimum atomic E-state index is -4.48. The lowest BCUT2D eigenvalue weighted by Gasteiger charge is -2.40. The number of ether oxygens (including phenoxy) is 1. The molecule has 34 heavy (non-hydrogen) atoms. The Bertz CT molecular complexity index is 1140. The molecule has 178 valence electrons. The molecule has 0 aliphatic carbocycles. The molecule has 0 spiro atoms. The smallest absolute Gasteiger partial charge is 0.417 e. The summed E-state index contributed by atoms with van der Waals surface area (Å²) in [5.41, 5.74) is -0.318. The summed E-state index contributed by atoms with van der Waals surface area (Å²) in [7, 11) is 0. The number of carbonyl (C=O) groups excluding carboxylic acids is 1. The second kappa shape index (κ2) is 9.74. The lowest BCUT2D eigenvalue weighted by atomic mass is 9.90. The molecule has 0 bridgehead atoms. The van der Waals surface area contributed by atoms with E-state index >= 15 is 0 Å². The zero-order chi connectivity index (χ0) is 24.3. The monoisotopic (exact) mass is 474 g/mol. The van der Waals surface area contributed by atoms with Gasteiger partial charge in [-0.05, 0) is 49.1 Å². The summed E-state index contributed by atoms with van der Waals surface area (Å²) in [6.07, 6.45) is 0.891. The predicted octanol–water partition coefficient (Wildman–Crippen LogP) is 5.02. The van der Waals surface area contributed by atoms with Crippen molar-refractivity contribution in [2.75, 3.05) is 13.2 Å². The van der Waals surface area contributed by atoms with Crippen LogP contribution in [0.1, 0.15) is 35.7 Å². The van der Waals surface area contributed by atoms with Crippen molar-refractivity contribution < 1.29 is 27.1 Å². The number of nitrogens with zero attached hydrogens (tertiary/aromatic N) is 4. The van der Waals surface area contributed by atoms with Crippen molar-refractivity contribution in [1.29, 1.82) is 0 Å². The fourth-order valence-corrected chi connectivity index (χ4v) is 4.04. The largest absolute Gasteiger partial charge is 0.475 e. The normalized spacial score (nSPS) is 18.6. The van der Waals surface area contributed by atoms with Gasteiger partial charge in [-0.2, -0.15) is 13.2 Å². The van der Waals surface area contributed by atoms with Crippen molar-refractivity contribution in [1.82, 2.24) is 19.9 Å². The van der Waals surface area contributed by atoms with Crippen molar-refractivity contribution >= 4 is 5.91 Å². The number of halogens is 4. The summed E-state index contributed by atoms with van der Waals surface area (Å²) in [4.78, 5) is 27.3. The van der Waals surface area contributed by atoms with Gasteiger partial charge in [-0.1, -0.05) is 6.92 Å². The fraction of sp³-hybridized carbons (Fsp3) is 0.333. The maximum absolute atomic E-state index is 14.0. The lowest BCUT2D eigenvalue weighted by molar-refractivity contribution is -0.137. The van der Waals surface area contributed by atoms with E-state index in [9.17, 15) is 22.4 Å². The molecule has 1 saturated heterocycles. The minimum Gasteiger partial charge on any atom is -0.475 e. The molecule has 10 heteroatoms. The van der Waals surface area contributed by atoms with Gasteiger partial charge >= 0.3 is 6.18 Å². The van der Waals surface area contributed by atoms with Gasteiger partial charge < -0.3 is 9.64 Å². The van der Waals surface area contributed by atoms with Crippen molar-refractivity contribution in [3.05, 3.63) is 71.9 Å². The number of rotatable bonds is 5. The summed E-state index contributed by atoms with van der Waals surface area (Å²) in [5, 5.41) is 0. The van der Waals surface area contributed by atoms with Crippen molar-refractivity contribution in [2.24, 2.45) is 5.92 Å². The van der Waals surface area contributed by atoms with Crippen LogP contribution in [0.3, 0.4) is 0 Å². The predicted molar refractivity (Wildman–Crippen MR) is 115 cm³/mol. The molecular weight excluding hydrogens is 452 g/mol. The van der Waals surface area contributed by atoms with Crippen LogP contribution in [-0.2, 0) is 6.18 Å². The Morgan fingerprint density at radius 3 is 2.59 bits per heavy atom. The molecule has 0 unspecified atom stereocenters. The SMILES string of the molecule is C[C@@H]1CCCN(C(=O)c2ccc(F)cc2-c2ncccn2)[C@@H]1COc1ccc(C(F)(F)F)cn1. The van der Waals surface area contributed by atoms with Gasteiger partial charge in [-0.15, -0.1) is 0 Å². The number of aromatic nitrogens is 3. The first-order chi connectivity index (χ1) is 16.2. The third kappa shape index (κ3) is 5.16. The minimum absolute atomic E-state index is 0.0401. The van der Waals surface area contributed by atoms with Crippen LogP contribution < -0.4 is 4.74 Å². The fourth-order valence-electron chi connectivity index (χ4n) is 4.04. The maximum Gasteiger partial charge on any atom is 0.417 e. The van der Waals surface area contributed by atoms with Crippen LogP contribution in [0.5, 0.6) is 5.88 Å². The molecule has 0 N–H and O–H groups in total. The Labute approximate surface area is 193 Å². The molecule has 1 aromatic carbocycles. The summed E-state index contributed by atoms with van der Waals surface area (Å²) in [6, 6.07) is 7.20. The first-order valence-electron chi connectivity index (χ1n) is 10.8. The molecule has 1 amide bonds. The molecule has 2 aromatic heterocycles. The first kappa shape index (κ1) is 23.6. The highest BCUT2D eigenvalue weighted by Crippen LogP contribution is 2.31. The van der Waals surface area contributed by atoms with Crippen LogP contribution in [-0.4, -0.2) is 45.0 Å². The highest BCUT2D eigenvalue weighted by molar-refractivity contribution is 6.00. The highest BCUT2D eigenvalue weighted by Gasteiger charge is 2.35. The summed E-state index contributed by atoms with van der Waals surface area (Å²) in [6.45, 7) is 2.51. The van der Waals surface area contributed by atoms with Crippen molar-refractivity contribution in [3.63, 3.8) is 0 Å². The topological polar surface area (TPSA) is 68.2 Å². The average Bonchev–Trinajstić information content (AvgIpc) is 2.83. The van der Waals surface area contributed by atoms with E-state index < -0.39 is 17.6 Å². The van der Waals surface area contributed by atoms with Gasteiger partial charge in [0.2, 0.25) is 5.88 Å². The van der Waals surface area contributed by atoms with Gasteiger partial charge in [-0.25, -0.2) is 19.3 Å². The Morgan fingerprint density at radius 1 is 1.15 bits per heavy atom. The molecule has 4 rings (SSSR count). The van der Waals surface area contributed by atoms with Crippen LogP contribution >= 0.6 is 0 Å². The highest BCUT2D eigenvalue weighted by atomic mass is 19.4. The third-order valence-corrected chi connectivity index (χ3v) is 5.86. The van der Waals surface area contributed by atoms with Gasteiger partial charge in [0.1, 0.15) is 12.4 Å². The first-order valence-corrected chi connectivity index (χ1v) is 10.8. The van der Waals surface area contributed by atoms with Crippen molar-refractivity contribution in [3.8, 4) is 17.3 Å². The second-order valence-electron chi connectivity index (χ2n) is 8.14. The average molecular weight is 474 g/mol. The Kier molecular flexibility index (Phi) is 6.76. The molecule has 1 aliphatic heterocycles. The lowest BCUT2D eigenvalue weighted by Crippen LogP contribution is -2.50. The molecule has 1 fully saturated rings. The molecule has 1 aliphatic rings. The molecule has 0 saturated carbocycles. The number of pyridine rings is 1. The molecule has 2 atom stereocenters. The van der Waals surface area contributed by atoms with E-state index in [1.807, 2.05) is 6.92 Å². The van der Waals surface area contributed by atoms with E-state index in [0.717, 1.165) is 25.0 Å². The number of likely N-dealkylation sites (tertiary alicyclic amines) is 1. The van der Waals surface area contributed by atoms with E-state index in [-0.39, 0.29) is 47.3 Å². The summed E-state index contributed by atoms with van der Waals surface area (Å²) < 4.78 is 58.0. The number of hydrogen-bond acceptors (Lipinski definition) is 5. The number of carbonyl (C=O) groups is 1. The van der Waals surface area contributed by atoms with Crippen LogP contribution in [0.15, 0.2) is 55.0 Å². The Morgan fingerprint density at radius 2 is 1.91 bits per heavy atom. The van der Waals surface area contributed by atoms with Gasteiger partial charge in [0.15, 0.2) is 5.82 Å². The standard InChI is InChI=1S/C24H22F4N4O2/c1-15-4-2-11-32(20(15)14-34-21-8-5-16(13-31-21)24(26,27)28)23(33)18-7-6-17(25)12-19(18)22-29-9-3-10-30-22/h3,5-10,12-13,15,20H,2,4,11,14H2,1H3/t15-,20-/m1/s1. The van der Waals surface area contributed by atoms with E-state index in [1.165, 1.54) is 30.6 Å².